The first-order valence-corrected chi connectivity index (χ1v) is 11.5. The molecule has 0 radical (unpaired) electrons. The quantitative estimate of drug-likeness (QED) is 0.493. The maximum Gasteiger partial charge on any atom is 0.335 e. The van der Waals surface area contributed by atoms with E-state index in [0.29, 0.717) is 37.1 Å². The van der Waals surface area contributed by atoms with Gasteiger partial charge in [0.05, 0.1) is 17.7 Å². The number of likely N-dealkylation sites (tertiary alicyclic amines) is 2. The third-order valence-corrected chi connectivity index (χ3v) is 7.56. The monoisotopic (exact) mass is 465 g/mol. The molecule has 8 nitrogen and oxygen atoms in total. The summed E-state index contributed by atoms with van der Waals surface area (Å²) in [4.78, 5) is 39.9. The molecule has 1 aromatic rings. The minimum atomic E-state index is -3.12. The third-order valence-electron chi connectivity index (χ3n) is 7.26. The molecule has 5 heterocycles. The normalized spacial score (nSPS) is 27.2. The highest BCUT2D eigenvalue weighted by molar-refractivity contribution is 7.17. The van der Waals surface area contributed by atoms with Gasteiger partial charge in [0.25, 0.3) is 11.6 Å². The van der Waals surface area contributed by atoms with Crippen LogP contribution in [0.25, 0.3) is 0 Å². The van der Waals surface area contributed by atoms with Crippen LogP contribution in [0.15, 0.2) is 23.4 Å². The number of piperidine rings is 1. The van der Waals surface area contributed by atoms with Gasteiger partial charge in [-0.2, -0.15) is 8.78 Å². The number of piperazine rings is 1. The zero-order valence-electron chi connectivity index (χ0n) is 18.1. The molecule has 11 heteroatoms. The molecular weight excluding hydrogens is 439 g/mol. The average molecular weight is 465 g/mol. The average Bonchev–Trinajstić information content (AvgIpc) is 2.98. The number of amides is 1. The summed E-state index contributed by atoms with van der Waals surface area (Å²) in [5.74, 6) is -0.310. The van der Waals surface area contributed by atoms with Gasteiger partial charge in [0, 0.05) is 50.8 Å². The maximum absolute atomic E-state index is 13.6. The van der Waals surface area contributed by atoms with Crippen molar-refractivity contribution < 1.29 is 23.1 Å². The predicted octanol–water partition coefficient (Wildman–Crippen LogP) is 1.53. The molecule has 0 saturated carbocycles. The Hall–Kier alpha value is -2.19. The smallest absolute Gasteiger partial charge is 0.335 e. The molecule has 0 aromatic carbocycles. The Kier molecular flexibility index (Phi) is 5.02. The molecule has 0 N–H and O–H groups in total. The number of anilines is 1. The van der Waals surface area contributed by atoms with E-state index in [2.05, 4.69) is 21.8 Å². The number of hydrogen-bond acceptors (Lipinski definition) is 7. The van der Waals surface area contributed by atoms with Crippen molar-refractivity contribution in [1.29, 1.82) is 0 Å². The van der Waals surface area contributed by atoms with E-state index < -0.39 is 17.2 Å². The maximum atomic E-state index is 13.6. The van der Waals surface area contributed by atoms with Crippen molar-refractivity contribution >= 4 is 27.1 Å². The van der Waals surface area contributed by atoms with Gasteiger partial charge in [-0.05, 0) is 19.5 Å². The Morgan fingerprint density at radius 2 is 2.03 bits per heavy atom. The van der Waals surface area contributed by atoms with Crippen LogP contribution in [0.4, 0.5) is 14.7 Å². The highest BCUT2D eigenvalue weighted by atomic mass is 31.0. The van der Waals surface area contributed by atoms with Crippen molar-refractivity contribution in [2.24, 2.45) is 0 Å². The number of aromatic nitrogens is 2. The summed E-state index contributed by atoms with van der Waals surface area (Å²) in [6.45, 7) is 7.16. The van der Waals surface area contributed by atoms with Crippen molar-refractivity contribution in [1.82, 2.24) is 19.8 Å². The second-order valence-corrected chi connectivity index (χ2v) is 9.65. The molecule has 0 bridgehead atoms. The summed E-state index contributed by atoms with van der Waals surface area (Å²) in [6.07, 6.45) is 2.55. The van der Waals surface area contributed by atoms with E-state index in [9.17, 15) is 18.4 Å². The zero-order chi connectivity index (χ0) is 22.8. The molecule has 4 aliphatic rings. The molecule has 1 amide bonds. The molecule has 3 atom stereocenters. The first-order valence-electron chi connectivity index (χ1n) is 10.9. The summed E-state index contributed by atoms with van der Waals surface area (Å²) in [6, 6.07) is 1.14. The van der Waals surface area contributed by atoms with Gasteiger partial charge in [-0.1, -0.05) is 16.2 Å². The van der Waals surface area contributed by atoms with Gasteiger partial charge in [0.2, 0.25) is 5.95 Å². The lowest BCUT2D eigenvalue weighted by Crippen LogP contribution is -2.80. The van der Waals surface area contributed by atoms with E-state index in [0.717, 1.165) is 19.6 Å². The summed E-state index contributed by atoms with van der Waals surface area (Å²) in [5, 5.41) is 0. The van der Waals surface area contributed by atoms with E-state index >= 15 is 0 Å². The van der Waals surface area contributed by atoms with Crippen LogP contribution in [0.5, 0.6) is 0 Å². The second-order valence-electron chi connectivity index (χ2n) is 8.93. The number of esters is 1. The van der Waals surface area contributed by atoms with Crippen molar-refractivity contribution in [3.63, 3.8) is 0 Å². The highest BCUT2D eigenvalue weighted by Gasteiger charge is 2.59. The number of alkyl halides is 2. The number of carbonyl (C=O) groups excluding carboxylic acids is 2. The minimum Gasteiger partial charge on any atom is -0.450 e. The van der Waals surface area contributed by atoms with E-state index in [4.69, 9.17) is 4.74 Å². The summed E-state index contributed by atoms with van der Waals surface area (Å²) >= 11 is 0. The molecule has 4 aliphatic heterocycles. The van der Waals surface area contributed by atoms with E-state index in [1.54, 1.807) is 11.8 Å². The summed E-state index contributed by atoms with van der Waals surface area (Å²) < 4.78 is 33.0. The Balaban J connectivity index is 1.30. The summed E-state index contributed by atoms with van der Waals surface area (Å²) in [7, 11) is 1.48. The lowest BCUT2D eigenvalue weighted by atomic mass is 9.79. The van der Waals surface area contributed by atoms with Gasteiger partial charge in [0.15, 0.2) is 0 Å². The van der Waals surface area contributed by atoms with Gasteiger partial charge in [-0.3, -0.25) is 4.79 Å². The van der Waals surface area contributed by atoms with Crippen molar-refractivity contribution in [2.45, 2.75) is 50.0 Å². The number of nitrogens with zero attached hydrogens (tertiary/aromatic N) is 5. The molecule has 5 rings (SSSR count). The van der Waals surface area contributed by atoms with Crippen LogP contribution < -0.4 is 4.90 Å². The molecule has 172 valence electrons. The fourth-order valence-electron chi connectivity index (χ4n) is 5.22. The molecular formula is C21H26F2N5O3P. The van der Waals surface area contributed by atoms with Crippen LogP contribution in [-0.4, -0.2) is 82.1 Å². The largest absolute Gasteiger partial charge is 0.450 e. The fraction of sp³-hybridized carbons (Fsp3) is 0.619. The van der Waals surface area contributed by atoms with Crippen LogP contribution in [0, 0.1) is 0 Å². The predicted molar refractivity (Wildman–Crippen MR) is 115 cm³/mol. The summed E-state index contributed by atoms with van der Waals surface area (Å²) in [5.41, 5.74) is -3.41. The lowest BCUT2D eigenvalue weighted by Gasteiger charge is -2.62. The molecule has 3 saturated heterocycles. The van der Waals surface area contributed by atoms with Gasteiger partial charge in [-0.25, -0.2) is 14.8 Å². The highest BCUT2D eigenvalue weighted by Crippen LogP contribution is 2.45. The van der Waals surface area contributed by atoms with Gasteiger partial charge in [0.1, 0.15) is 11.3 Å². The fourth-order valence-corrected chi connectivity index (χ4v) is 5.38. The first-order chi connectivity index (χ1) is 15.1. The van der Waals surface area contributed by atoms with Gasteiger partial charge in [-0.15, -0.1) is 0 Å². The van der Waals surface area contributed by atoms with E-state index in [1.165, 1.54) is 21.5 Å². The van der Waals surface area contributed by atoms with Gasteiger partial charge < -0.3 is 19.4 Å². The Morgan fingerprint density at radius 3 is 2.62 bits per heavy atom. The number of hydrogen-bond donors (Lipinski definition) is 0. The van der Waals surface area contributed by atoms with Crippen molar-refractivity contribution in [2.75, 3.05) is 37.6 Å². The number of fused-ring (bicyclic) bond motifs is 1. The van der Waals surface area contributed by atoms with Crippen LogP contribution in [0.1, 0.15) is 32.4 Å². The zero-order valence-corrected chi connectivity index (χ0v) is 19.2. The minimum absolute atomic E-state index is 0.0100. The first kappa shape index (κ1) is 21.6. The molecule has 3 fully saturated rings. The number of halogens is 2. The second kappa shape index (κ2) is 7.42. The van der Waals surface area contributed by atoms with E-state index in [1.807, 2.05) is 4.90 Å². The van der Waals surface area contributed by atoms with Crippen molar-refractivity contribution in [3.8, 4) is 0 Å². The van der Waals surface area contributed by atoms with Crippen LogP contribution in [-0.2, 0) is 20.0 Å². The lowest BCUT2D eigenvalue weighted by molar-refractivity contribution is -0.153. The Morgan fingerprint density at radius 1 is 1.31 bits per heavy atom. The molecule has 1 aromatic heterocycles. The standard InChI is InChI=1S/C21H26F2N5O3P/c1-3-26-8-5-20(6-9-26)16(12(2)18(30)31-20)17(29)27-10-14-13(27)11-28(14)19-24-7-4-15(25-19)21(22,23)32/h4,7,13-14H,3,5-6,8-11,32H2,1-2H3. The Bertz CT molecular complexity index is 1010. The number of rotatable bonds is 4. The van der Waals surface area contributed by atoms with Crippen molar-refractivity contribution in [3.05, 3.63) is 29.1 Å². The Labute approximate surface area is 187 Å². The number of carbonyl (C=O) groups is 2. The third kappa shape index (κ3) is 3.22. The molecule has 0 aliphatic carbocycles. The molecule has 1 spiro atoms. The topological polar surface area (TPSA) is 78.9 Å². The van der Waals surface area contributed by atoms with Crippen LogP contribution in [0.3, 0.4) is 0 Å². The van der Waals surface area contributed by atoms with E-state index in [-0.39, 0.29) is 29.6 Å². The SMILES string of the molecule is CCN1CCC2(CC1)OC(=O)C(C)=C2C(=O)N1CC2C1CN2c1nccc(C(F)(F)P)n1. The van der Waals surface area contributed by atoms with Gasteiger partial charge >= 0.3 is 5.97 Å². The van der Waals surface area contributed by atoms with Crippen LogP contribution >= 0.6 is 9.24 Å². The molecule has 3 unspecified atom stereocenters. The number of ether oxygens (including phenoxy) is 1. The van der Waals surface area contributed by atoms with Crippen LogP contribution in [0.2, 0.25) is 0 Å². The molecule has 32 heavy (non-hydrogen) atoms.